The molecule has 0 radical (unpaired) electrons. The molecule has 1 unspecified atom stereocenters. The molecule has 190 valence electrons. The van der Waals surface area contributed by atoms with Gasteiger partial charge in [-0.1, -0.05) is 54.1 Å². The van der Waals surface area contributed by atoms with Gasteiger partial charge in [0.05, 0.1) is 22.8 Å². The third-order valence-electron chi connectivity index (χ3n) is 6.79. The molecule has 1 atom stereocenters. The summed E-state index contributed by atoms with van der Waals surface area (Å²) in [6, 6.07) is 20.2. The molecule has 1 N–H and O–H groups in total. The predicted molar refractivity (Wildman–Crippen MR) is 148 cm³/mol. The molecule has 8 heteroatoms. The first-order valence-corrected chi connectivity index (χ1v) is 13.6. The van der Waals surface area contributed by atoms with Crippen LogP contribution in [0.2, 0.25) is 5.02 Å². The van der Waals surface area contributed by atoms with Gasteiger partial charge >= 0.3 is 0 Å². The summed E-state index contributed by atoms with van der Waals surface area (Å²) in [5, 5.41) is 15.9. The average Bonchev–Trinajstić information content (AvgIpc) is 3.30. The fourth-order valence-corrected chi connectivity index (χ4v) is 6.42. The smallest absolute Gasteiger partial charge is 0.288 e. The van der Waals surface area contributed by atoms with E-state index in [4.69, 9.17) is 16.3 Å². The van der Waals surface area contributed by atoms with E-state index in [2.05, 4.69) is 17.4 Å². The number of nitrogens with one attached hydrogen (secondary N) is 1. The van der Waals surface area contributed by atoms with E-state index in [1.54, 1.807) is 0 Å². The molecular weight excluding hydrogens is 508 g/mol. The number of nitrogens with zero attached hydrogens (tertiary/aromatic N) is 1. The van der Waals surface area contributed by atoms with Crippen molar-refractivity contribution in [2.45, 2.75) is 38.1 Å². The Balaban J connectivity index is 1.27. The third-order valence-corrected chi connectivity index (χ3v) is 8.43. The van der Waals surface area contributed by atoms with Crippen LogP contribution >= 0.6 is 22.9 Å². The highest BCUT2D eigenvalue weighted by molar-refractivity contribution is 7.19. The van der Waals surface area contributed by atoms with Crippen molar-refractivity contribution in [3.63, 3.8) is 0 Å². The maximum Gasteiger partial charge on any atom is 0.288 e. The number of benzene rings is 3. The Morgan fingerprint density at radius 2 is 1.89 bits per heavy atom. The zero-order valence-electron chi connectivity index (χ0n) is 20.2. The van der Waals surface area contributed by atoms with Gasteiger partial charge in [-0.25, -0.2) is 0 Å². The third kappa shape index (κ3) is 5.69. The SMILES string of the molecule is O=C(CNC(CCOc1cccc2c3c(sc12)CCCC3)c1ccccc1)c1ccc(Cl)c([N+](=O)[O-])c1. The number of rotatable bonds is 10. The molecule has 5 rings (SSSR count). The van der Waals surface area contributed by atoms with Crippen LogP contribution in [0.25, 0.3) is 10.1 Å². The molecule has 1 aromatic heterocycles. The number of nitro benzene ring substituents is 1. The summed E-state index contributed by atoms with van der Waals surface area (Å²) in [6.07, 6.45) is 5.45. The molecule has 4 aromatic rings. The number of Topliss-reactive ketones (excluding diaryl/α,β-unsaturated/α-hetero) is 1. The minimum atomic E-state index is -0.582. The summed E-state index contributed by atoms with van der Waals surface area (Å²) in [5.41, 5.74) is 2.51. The summed E-state index contributed by atoms with van der Waals surface area (Å²) in [5.74, 6) is 0.670. The number of fused-ring (bicyclic) bond motifs is 3. The number of ketones is 1. The van der Waals surface area contributed by atoms with Gasteiger partial charge in [0.25, 0.3) is 5.69 Å². The Bertz CT molecular complexity index is 1440. The topological polar surface area (TPSA) is 81.5 Å². The van der Waals surface area contributed by atoms with Crippen molar-refractivity contribution in [1.29, 1.82) is 0 Å². The Morgan fingerprint density at radius 3 is 2.70 bits per heavy atom. The van der Waals surface area contributed by atoms with Gasteiger partial charge < -0.3 is 10.1 Å². The molecule has 1 aliphatic carbocycles. The molecule has 0 fully saturated rings. The molecule has 0 spiro atoms. The number of aryl methyl sites for hydroxylation is 2. The zero-order valence-corrected chi connectivity index (χ0v) is 21.8. The predicted octanol–water partition coefficient (Wildman–Crippen LogP) is 7.32. The Labute approximate surface area is 224 Å². The van der Waals surface area contributed by atoms with E-state index >= 15 is 0 Å². The first-order valence-electron chi connectivity index (χ1n) is 12.4. The summed E-state index contributed by atoms with van der Waals surface area (Å²) < 4.78 is 7.51. The maximum absolute atomic E-state index is 12.8. The molecule has 6 nitrogen and oxygen atoms in total. The van der Waals surface area contributed by atoms with Crippen LogP contribution in [0.4, 0.5) is 5.69 Å². The molecule has 37 heavy (non-hydrogen) atoms. The number of carbonyl (C=O) groups excluding carboxylic acids is 1. The number of halogens is 1. The molecule has 1 aliphatic rings. The molecule has 0 saturated heterocycles. The molecule has 0 saturated carbocycles. The quantitative estimate of drug-likeness (QED) is 0.131. The monoisotopic (exact) mass is 534 g/mol. The first-order chi connectivity index (χ1) is 18.0. The summed E-state index contributed by atoms with van der Waals surface area (Å²) in [6.45, 7) is 0.514. The van der Waals surface area contributed by atoms with Gasteiger partial charge in [-0.05, 0) is 60.4 Å². The minimum absolute atomic E-state index is 0.00966. The second kappa shape index (κ2) is 11.4. The van der Waals surface area contributed by atoms with Crippen LogP contribution in [-0.4, -0.2) is 23.9 Å². The number of carbonyl (C=O) groups is 1. The fourth-order valence-electron chi connectivity index (χ4n) is 4.87. The first kappa shape index (κ1) is 25.4. The summed E-state index contributed by atoms with van der Waals surface area (Å²) in [4.78, 5) is 25.0. The average molecular weight is 535 g/mol. The highest BCUT2D eigenvalue weighted by Gasteiger charge is 2.20. The van der Waals surface area contributed by atoms with Gasteiger partial charge in [0.2, 0.25) is 0 Å². The van der Waals surface area contributed by atoms with Crippen molar-refractivity contribution in [3.8, 4) is 5.75 Å². The Morgan fingerprint density at radius 1 is 1.08 bits per heavy atom. The van der Waals surface area contributed by atoms with Crippen molar-refractivity contribution < 1.29 is 14.5 Å². The lowest BCUT2D eigenvalue weighted by Gasteiger charge is -2.19. The van der Waals surface area contributed by atoms with Gasteiger partial charge in [-0.2, -0.15) is 0 Å². The van der Waals surface area contributed by atoms with Crippen LogP contribution in [0.5, 0.6) is 5.75 Å². The normalized spacial score (nSPS) is 13.8. The molecule has 3 aromatic carbocycles. The van der Waals surface area contributed by atoms with E-state index in [0.717, 1.165) is 24.2 Å². The van der Waals surface area contributed by atoms with Crippen molar-refractivity contribution in [1.82, 2.24) is 5.32 Å². The molecule has 0 amide bonds. The van der Waals surface area contributed by atoms with Crippen LogP contribution in [0.1, 0.15) is 51.7 Å². The lowest BCUT2D eigenvalue weighted by Crippen LogP contribution is -2.29. The van der Waals surface area contributed by atoms with Gasteiger partial charge in [-0.3, -0.25) is 14.9 Å². The van der Waals surface area contributed by atoms with Crippen molar-refractivity contribution in [2.75, 3.05) is 13.2 Å². The van der Waals surface area contributed by atoms with E-state index < -0.39 is 4.92 Å². The minimum Gasteiger partial charge on any atom is -0.492 e. The second-order valence-corrected chi connectivity index (χ2v) is 10.7. The number of thiophene rings is 1. The van der Waals surface area contributed by atoms with Gasteiger partial charge in [0.15, 0.2) is 5.78 Å². The molecule has 0 bridgehead atoms. The summed E-state index contributed by atoms with van der Waals surface area (Å²) >= 11 is 7.75. The van der Waals surface area contributed by atoms with Crippen LogP contribution in [-0.2, 0) is 12.8 Å². The van der Waals surface area contributed by atoms with E-state index in [0.29, 0.717) is 13.0 Å². The van der Waals surface area contributed by atoms with E-state index in [1.165, 1.54) is 51.6 Å². The standard InChI is InChI=1S/C29H27ClN2O4S/c30-23-14-13-20(17-25(23)32(34)35)26(33)18-31-24(19-7-2-1-3-8-19)15-16-36-27-11-6-10-22-21-9-4-5-12-28(21)37-29(22)27/h1-3,6-8,10-11,13-14,17,24,31H,4-5,9,12,15-16,18H2. The van der Waals surface area contributed by atoms with Gasteiger partial charge in [-0.15, -0.1) is 11.3 Å². The number of nitro groups is 1. The molecule has 0 aliphatic heterocycles. The highest BCUT2D eigenvalue weighted by atomic mass is 35.5. The molecule has 1 heterocycles. The largest absolute Gasteiger partial charge is 0.492 e. The maximum atomic E-state index is 12.8. The van der Waals surface area contributed by atoms with Crippen LogP contribution in [0, 0.1) is 10.1 Å². The lowest BCUT2D eigenvalue weighted by atomic mass is 9.96. The zero-order chi connectivity index (χ0) is 25.8. The van der Waals surface area contributed by atoms with Crippen LogP contribution < -0.4 is 10.1 Å². The highest BCUT2D eigenvalue weighted by Crippen LogP contribution is 2.41. The Kier molecular flexibility index (Phi) is 7.84. The van der Waals surface area contributed by atoms with Crippen LogP contribution in [0.15, 0.2) is 66.7 Å². The second-order valence-electron chi connectivity index (χ2n) is 9.17. The van der Waals surface area contributed by atoms with E-state index in [9.17, 15) is 14.9 Å². The van der Waals surface area contributed by atoms with Crippen molar-refractivity contribution in [2.24, 2.45) is 0 Å². The number of ether oxygens (including phenoxy) is 1. The fraction of sp³-hybridized carbons (Fsp3) is 0.276. The van der Waals surface area contributed by atoms with Crippen molar-refractivity contribution >= 4 is 44.5 Å². The van der Waals surface area contributed by atoms with E-state index in [1.807, 2.05) is 47.7 Å². The van der Waals surface area contributed by atoms with E-state index in [-0.39, 0.29) is 34.6 Å². The summed E-state index contributed by atoms with van der Waals surface area (Å²) in [7, 11) is 0. The number of hydrogen-bond donors (Lipinski definition) is 1. The number of hydrogen-bond acceptors (Lipinski definition) is 6. The van der Waals surface area contributed by atoms with Crippen molar-refractivity contribution in [3.05, 3.63) is 103 Å². The Hall–Kier alpha value is -3.26. The van der Waals surface area contributed by atoms with Crippen LogP contribution in [0.3, 0.4) is 0 Å². The van der Waals surface area contributed by atoms with Gasteiger partial charge in [0, 0.05) is 29.0 Å². The lowest BCUT2D eigenvalue weighted by molar-refractivity contribution is -0.384. The van der Waals surface area contributed by atoms with Gasteiger partial charge in [0.1, 0.15) is 10.8 Å². The molecular formula is C29H27ClN2O4S.